The second-order valence-electron chi connectivity index (χ2n) is 1.60. The maximum atomic E-state index is 3.03. The van der Waals surface area contributed by atoms with E-state index in [1.54, 1.807) is 6.20 Å². The van der Waals surface area contributed by atoms with Gasteiger partial charge in [-0.15, -0.1) is 0 Å². The van der Waals surface area contributed by atoms with Crippen LogP contribution < -0.4 is 10.6 Å². The fraction of sp³-hybridized carbons (Fsp3) is 0.333. The third kappa shape index (κ3) is 1.10. The standard InChI is InChI=1S/C6H9N2/c1-7-6-4-2-3-5-8-6/h2,4-8H,1H3. The zero-order chi connectivity index (χ0) is 5.82. The summed E-state index contributed by atoms with van der Waals surface area (Å²) in [6.45, 7) is 0. The summed E-state index contributed by atoms with van der Waals surface area (Å²) in [5, 5.41) is 6.07. The van der Waals surface area contributed by atoms with E-state index < -0.39 is 0 Å². The molecule has 0 fully saturated rings. The average Bonchev–Trinajstić information content (AvgIpc) is 1.90. The van der Waals surface area contributed by atoms with Crippen molar-refractivity contribution < 1.29 is 0 Å². The molecule has 0 aromatic rings. The lowest BCUT2D eigenvalue weighted by Crippen LogP contribution is -2.35. The van der Waals surface area contributed by atoms with Gasteiger partial charge in [0.15, 0.2) is 0 Å². The van der Waals surface area contributed by atoms with Gasteiger partial charge in [-0.25, -0.2) is 0 Å². The van der Waals surface area contributed by atoms with Gasteiger partial charge in [-0.05, 0) is 19.2 Å². The van der Waals surface area contributed by atoms with Gasteiger partial charge in [0.2, 0.25) is 0 Å². The van der Waals surface area contributed by atoms with E-state index in [4.69, 9.17) is 0 Å². The molecular formula is C6H9N2. The van der Waals surface area contributed by atoms with E-state index in [1.165, 1.54) is 0 Å². The van der Waals surface area contributed by atoms with Crippen LogP contribution in [-0.2, 0) is 0 Å². The molecule has 0 bridgehead atoms. The zero-order valence-corrected chi connectivity index (χ0v) is 4.81. The maximum absolute atomic E-state index is 3.03. The normalized spacial score (nSPS) is 25.4. The van der Waals surface area contributed by atoms with Crippen LogP contribution in [0.25, 0.3) is 0 Å². The van der Waals surface area contributed by atoms with Crippen molar-refractivity contribution >= 4 is 0 Å². The summed E-state index contributed by atoms with van der Waals surface area (Å²) in [5.74, 6) is 0. The molecule has 0 saturated carbocycles. The van der Waals surface area contributed by atoms with Gasteiger partial charge in [0.1, 0.15) is 0 Å². The van der Waals surface area contributed by atoms with E-state index in [0.29, 0.717) is 0 Å². The molecule has 1 aliphatic heterocycles. The molecule has 0 aromatic carbocycles. The monoisotopic (exact) mass is 109 g/mol. The fourth-order valence-electron chi connectivity index (χ4n) is 0.573. The predicted octanol–water partition coefficient (Wildman–Crippen LogP) is 0.00819. The van der Waals surface area contributed by atoms with E-state index in [-0.39, 0.29) is 6.17 Å². The highest BCUT2D eigenvalue weighted by molar-refractivity contribution is 5.05. The summed E-state index contributed by atoms with van der Waals surface area (Å²) in [5.41, 5.74) is 0. The Hall–Kier alpha value is -0.760. The number of hydrogen-bond acceptors (Lipinski definition) is 2. The first kappa shape index (κ1) is 5.38. The van der Waals surface area contributed by atoms with Gasteiger partial charge in [0, 0.05) is 6.20 Å². The Morgan fingerprint density at radius 3 is 3.00 bits per heavy atom. The third-order valence-electron chi connectivity index (χ3n) is 1.04. The molecule has 1 heterocycles. The fourth-order valence-corrected chi connectivity index (χ4v) is 0.573. The van der Waals surface area contributed by atoms with E-state index >= 15 is 0 Å². The Labute approximate surface area is 49.3 Å². The Morgan fingerprint density at radius 2 is 2.62 bits per heavy atom. The number of nitrogens with one attached hydrogen (secondary N) is 2. The van der Waals surface area contributed by atoms with Crippen LogP contribution in [0.2, 0.25) is 0 Å². The van der Waals surface area contributed by atoms with Crippen LogP contribution in [0.4, 0.5) is 0 Å². The molecule has 0 aromatic heterocycles. The minimum Gasteiger partial charge on any atom is -0.372 e. The Balaban J connectivity index is 2.40. The molecule has 2 heteroatoms. The van der Waals surface area contributed by atoms with Crippen molar-refractivity contribution in [3.05, 3.63) is 24.4 Å². The molecule has 1 unspecified atom stereocenters. The van der Waals surface area contributed by atoms with E-state index in [9.17, 15) is 0 Å². The zero-order valence-electron chi connectivity index (χ0n) is 4.81. The molecule has 1 rings (SSSR count). The predicted molar refractivity (Wildman–Crippen MR) is 32.9 cm³/mol. The molecule has 1 aliphatic rings. The van der Waals surface area contributed by atoms with Crippen molar-refractivity contribution in [3.8, 4) is 0 Å². The molecule has 2 N–H and O–H groups in total. The van der Waals surface area contributed by atoms with Crippen LogP contribution in [0.3, 0.4) is 0 Å². The summed E-state index contributed by atoms with van der Waals surface area (Å²) >= 11 is 0. The lowest BCUT2D eigenvalue weighted by Gasteiger charge is -2.12. The van der Waals surface area contributed by atoms with Crippen LogP contribution in [0.15, 0.2) is 18.4 Å². The summed E-state index contributed by atoms with van der Waals surface area (Å²) < 4.78 is 0. The van der Waals surface area contributed by atoms with Crippen LogP contribution >= 0.6 is 0 Å². The molecule has 43 valence electrons. The summed E-state index contributed by atoms with van der Waals surface area (Å²) in [7, 11) is 1.90. The molecule has 0 amide bonds. The number of rotatable bonds is 1. The maximum Gasteiger partial charge on any atom is 0.0957 e. The molecule has 2 nitrogen and oxygen atoms in total. The van der Waals surface area contributed by atoms with Crippen molar-refractivity contribution in [3.63, 3.8) is 0 Å². The van der Waals surface area contributed by atoms with Gasteiger partial charge in [0.05, 0.1) is 6.17 Å². The summed E-state index contributed by atoms with van der Waals surface area (Å²) in [6.07, 6.45) is 8.86. The lowest BCUT2D eigenvalue weighted by molar-refractivity contribution is 0.605. The minimum absolute atomic E-state index is 0.288. The summed E-state index contributed by atoms with van der Waals surface area (Å²) in [4.78, 5) is 0. The first-order valence-corrected chi connectivity index (χ1v) is 2.61. The van der Waals surface area contributed by atoms with Crippen LogP contribution in [0.5, 0.6) is 0 Å². The number of likely N-dealkylation sites (N-methyl/N-ethyl adjacent to an activating group) is 1. The van der Waals surface area contributed by atoms with Crippen molar-refractivity contribution in [2.75, 3.05) is 7.05 Å². The molecule has 0 aliphatic carbocycles. The van der Waals surface area contributed by atoms with Gasteiger partial charge in [-0.1, -0.05) is 6.08 Å². The van der Waals surface area contributed by atoms with Crippen LogP contribution in [0.1, 0.15) is 0 Å². The van der Waals surface area contributed by atoms with Gasteiger partial charge >= 0.3 is 0 Å². The molecule has 1 radical (unpaired) electrons. The average molecular weight is 109 g/mol. The third-order valence-corrected chi connectivity index (χ3v) is 1.04. The number of dihydropyridines is 1. The smallest absolute Gasteiger partial charge is 0.0957 e. The molecule has 0 spiro atoms. The van der Waals surface area contributed by atoms with Crippen LogP contribution in [-0.4, -0.2) is 13.2 Å². The SMILES string of the molecule is CNC1C=C[C]=CN1. The first-order valence-electron chi connectivity index (χ1n) is 2.61. The highest BCUT2D eigenvalue weighted by atomic mass is 15.1. The van der Waals surface area contributed by atoms with Crippen LogP contribution in [0, 0.1) is 6.08 Å². The number of hydrogen-bond donors (Lipinski definition) is 2. The molecule has 0 saturated heterocycles. The first-order chi connectivity index (χ1) is 3.93. The lowest BCUT2D eigenvalue weighted by atomic mass is 10.3. The van der Waals surface area contributed by atoms with E-state index in [2.05, 4.69) is 16.7 Å². The Kier molecular flexibility index (Phi) is 1.70. The van der Waals surface area contributed by atoms with Gasteiger partial charge in [0.25, 0.3) is 0 Å². The quantitative estimate of drug-likeness (QED) is 0.495. The van der Waals surface area contributed by atoms with Crippen molar-refractivity contribution in [2.24, 2.45) is 0 Å². The van der Waals surface area contributed by atoms with Gasteiger partial charge in [-0.3, -0.25) is 5.32 Å². The van der Waals surface area contributed by atoms with Crippen molar-refractivity contribution in [1.29, 1.82) is 0 Å². The van der Waals surface area contributed by atoms with Gasteiger partial charge in [-0.2, -0.15) is 0 Å². The Bertz CT molecular complexity index is 116. The Morgan fingerprint density at radius 1 is 1.75 bits per heavy atom. The second-order valence-corrected chi connectivity index (χ2v) is 1.60. The van der Waals surface area contributed by atoms with E-state index in [0.717, 1.165) is 0 Å². The molecule has 1 atom stereocenters. The van der Waals surface area contributed by atoms with E-state index in [1.807, 2.05) is 19.2 Å². The largest absolute Gasteiger partial charge is 0.372 e. The van der Waals surface area contributed by atoms with Crippen molar-refractivity contribution in [2.45, 2.75) is 6.17 Å². The minimum atomic E-state index is 0.288. The summed E-state index contributed by atoms with van der Waals surface area (Å²) in [6, 6.07) is 0. The second kappa shape index (κ2) is 2.52. The highest BCUT2D eigenvalue weighted by Crippen LogP contribution is 1.86. The van der Waals surface area contributed by atoms with Crippen molar-refractivity contribution in [1.82, 2.24) is 10.6 Å². The number of allylic oxidation sites excluding steroid dienone is 2. The highest BCUT2D eigenvalue weighted by Gasteiger charge is 1.95. The molecule has 8 heavy (non-hydrogen) atoms. The molecular weight excluding hydrogens is 100 g/mol. The topological polar surface area (TPSA) is 24.1 Å². The van der Waals surface area contributed by atoms with Gasteiger partial charge < -0.3 is 5.32 Å².